The molecule has 1 fully saturated rings. The molecule has 0 spiro atoms. The molecule has 1 saturated heterocycles. The second-order valence-corrected chi connectivity index (χ2v) is 6.70. The number of nitrogens with zero attached hydrogens (tertiary/aromatic N) is 3. The van der Waals surface area contributed by atoms with E-state index >= 15 is 0 Å². The van der Waals surface area contributed by atoms with Crippen LogP contribution in [-0.2, 0) is 11.2 Å². The summed E-state index contributed by atoms with van der Waals surface area (Å²) in [4.78, 5) is 13.6. The third-order valence-electron chi connectivity index (χ3n) is 5.06. The summed E-state index contributed by atoms with van der Waals surface area (Å²) < 4.78 is 5.48. The summed E-state index contributed by atoms with van der Waals surface area (Å²) in [5.74, 6) is 1.78. The molecule has 0 radical (unpaired) electrons. The van der Waals surface area contributed by atoms with Crippen LogP contribution in [0.15, 0.2) is 40.8 Å². The van der Waals surface area contributed by atoms with E-state index in [0.717, 1.165) is 25.8 Å². The van der Waals surface area contributed by atoms with Crippen LogP contribution in [0.2, 0.25) is 0 Å². The molecule has 2 aliphatic rings. The second kappa shape index (κ2) is 6.32. The molecule has 3 unspecified atom stereocenters. The third-order valence-corrected chi connectivity index (χ3v) is 5.06. The zero-order chi connectivity index (χ0) is 16.5. The number of fused-ring (bicyclic) bond motifs is 1. The van der Waals surface area contributed by atoms with Crippen LogP contribution >= 0.6 is 0 Å². The average Bonchev–Trinajstić information content (AvgIpc) is 3.20. The predicted octanol–water partition coefficient (Wildman–Crippen LogP) is 2.51. The first-order valence-corrected chi connectivity index (χ1v) is 8.48. The molecule has 0 saturated carbocycles. The highest BCUT2D eigenvalue weighted by Crippen LogP contribution is 2.32. The summed E-state index contributed by atoms with van der Waals surface area (Å²) in [6.45, 7) is 3.79. The molecule has 24 heavy (non-hydrogen) atoms. The van der Waals surface area contributed by atoms with Crippen LogP contribution in [0.25, 0.3) is 0 Å². The lowest BCUT2D eigenvalue weighted by atomic mass is 9.90. The van der Waals surface area contributed by atoms with Gasteiger partial charge in [-0.1, -0.05) is 36.4 Å². The van der Waals surface area contributed by atoms with Crippen LogP contribution in [-0.4, -0.2) is 40.5 Å². The number of hydrogen-bond donors (Lipinski definition) is 0. The Bertz CT molecular complexity index is 767. The first kappa shape index (κ1) is 15.3. The number of hydrogen-bond acceptors (Lipinski definition) is 5. The van der Waals surface area contributed by atoms with Crippen molar-refractivity contribution < 1.29 is 9.21 Å². The molecular weight excluding hydrogens is 302 g/mol. The number of aromatic nitrogens is 2. The normalized spacial score (nSPS) is 26.5. The van der Waals surface area contributed by atoms with Crippen LogP contribution in [0.5, 0.6) is 0 Å². The standard InChI is InChI=1S/C19H21N3O2/c1-13-20-21-19(24-13)10-14-3-2-4-15(9-14)16-5-6-18-17(12-23)7-8-22(18)11-16/h2-6,9,12,16-18H,7-8,10-11H2,1H3. The molecule has 4 rings (SSSR count). The fourth-order valence-corrected chi connectivity index (χ4v) is 3.83. The van der Waals surface area contributed by atoms with E-state index in [2.05, 4.69) is 51.5 Å². The van der Waals surface area contributed by atoms with Gasteiger partial charge in [0.1, 0.15) is 6.29 Å². The Labute approximate surface area is 141 Å². The van der Waals surface area contributed by atoms with E-state index in [9.17, 15) is 4.79 Å². The van der Waals surface area contributed by atoms with Gasteiger partial charge in [0.05, 0.1) is 6.42 Å². The molecule has 1 aromatic carbocycles. The maximum absolute atomic E-state index is 11.2. The molecule has 0 aliphatic carbocycles. The molecule has 2 aliphatic heterocycles. The van der Waals surface area contributed by atoms with Gasteiger partial charge in [0.15, 0.2) is 0 Å². The minimum absolute atomic E-state index is 0.161. The van der Waals surface area contributed by atoms with Crippen molar-refractivity contribution in [2.24, 2.45) is 5.92 Å². The van der Waals surface area contributed by atoms with Gasteiger partial charge in [-0.05, 0) is 24.1 Å². The Morgan fingerprint density at radius 2 is 2.25 bits per heavy atom. The van der Waals surface area contributed by atoms with E-state index in [0.29, 0.717) is 30.2 Å². The highest BCUT2D eigenvalue weighted by Gasteiger charge is 2.35. The minimum Gasteiger partial charge on any atom is -0.425 e. The third kappa shape index (κ3) is 2.91. The van der Waals surface area contributed by atoms with E-state index < -0.39 is 0 Å². The Balaban J connectivity index is 1.52. The largest absolute Gasteiger partial charge is 0.425 e. The lowest BCUT2D eigenvalue weighted by Crippen LogP contribution is -2.37. The van der Waals surface area contributed by atoms with Gasteiger partial charge < -0.3 is 9.21 Å². The van der Waals surface area contributed by atoms with Crippen LogP contribution in [0, 0.1) is 12.8 Å². The van der Waals surface area contributed by atoms with Gasteiger partial charge in [-0.2, -0.15) is 0 Å². The van der Waals surface area contributed by atoms with Gasteiger partial charge in [0.2, 0.25) is 11.8 Å². The van der Waals surface area contributed by atoms with Gasteiger partial charge in [-0.3, -0.25) is 4.90 Å². The van der Waals surface area contributed by atoms with Crippen molar-refractivity contribution in [1.82, 2.24) is 15.1 Å². The highest BCUT2D eigenvalue weighted by molar-refractivity contribution is 5.56. The summed E-state index contributed by atoms with van der Waals surface area (Å²) >= 11 is 0. The van der Waals surface area contributed by atoms with E-state index in [1.165, 1.54) is 11.1 Å². The Kier molecular flexibility index (Phi) is 4.02. The van der Waals surface area contributed by atoms with Gasteiger partial charge in [0.25, 0.3) is 0 Å². The number of aryl methyl sites for hydroxylation is 1. The Hall–Kier alpha value is -2.27. The SMILES string of the molecule is Cc1nnc(Cc2cccc(C3C=CC4C(C=O)CCN4C3)c2)o1. The molecule has 0 bridgehead atoms. The van der Waals surface area contributed by atoms with Crippen LogP contribution in [0.4, 0.5) is 0 Å². The molecule has 1 aromatic heterocycles. The van der Waals surface area contributed by atoms with Crippen molar-refractivity contribution >= 4 is 6.29 Å². The zero-order valence-electron chi connectivity index (χ0n) is 13.8. The van der Waals surface area contributed by atoms with Gasteiger partial charge in [-0.25, -0.2) is 0 Å². The molecule has 124 valence electrons. The summed E-state index contributed by atoms with van der Waals surface area (Å²) in [6.07, 6.45) is 7.22. The molecular formula is C19H21N3O2. The first-order chi connectivity index (χ1) is 11.7. The number of aldehydes is 1. The molecule has 3 heterocycles. The topological polar surface area (TPSA) is 59.2 Å². The van der Waals surface area contributed by atoms with E-state index in [1.54, 1.807) is 6.92 Å². The maximum atomic E-state index is 11.2. The van der Waals surface area contributed by atoms with Crippen molar-refractivity contribution in [3.63, 3.8) is 0 Å². The van der Waals surface area contributed by atoms with Crippen molar-refractivity contribution in [3.8, 4) is 0 Å². The predicted molar refractivity (Wildman–Crippen MR) is 89.7 cm³/mol. The summed E-state index contributed by atoms with van der Waals surface area (Å²) in [6, 6.07) is 8.87. The zero-order valence-corrected chi connectivity index (χ0v) is 13.8. The van der Waals surface area contributed by atoms with E-state index in [-0.39, 0.29) is 5.92 Å². The van der Waals surface area contributed by atoms with Gasteiger partial charge in [-0.15, -0.1) is 10.2 Å². The Morgan fingerprint density at radius 1 is 1.33 bits per heavy atom. The minimum atomic E-state index is 0.161. The van der Waals surface area contributed by atoms with Crippen LogP contribution in [0.1, 0.15) is 35.2 Å². The van der Waals surface area contributed by atoms with Gasteiger partial charge in [0, 0.05) is 31.3 Å². The smallest absolute Gasteiger partial charge is 0.220 e. The number of carbonyl (C=O) groups excluding carboxylic acids is 1. The van der Waals surface area contributed by atoms with E-state index in [1.807, 2.05) is 0 Å². The highest BCUT2D eigenvalue weighted by atomic mass is 16.4. The molecule has 5 heteroatoms. The molecule has 0 N–H and O–H groups in total. The quantitative estimate of drug-likeness (QED) is 0.639. The van der Waals surface area contributed by atoms with Crippen molar-refractivity contribution in [2.45, 2.75) is 31.7 Å². The van der Waals surface area contributed by atoms with E-state index in [4.69, 9.17) is 4.42 Å². The molecule has 3 atom stereocenters. The average molecular weight is 323 g/mol. The lowest BCUT2D eigenvalue weighted by molar-refractivity contribution is -0.111. The van der Waals surface area contributed by atoms with Crippen molar-refractivity contribution in [3.05, 3.63) is 59.3 Å². The number of benzene rings is 1. The molecule has 5 nitrogen and oxygen atoms in total. The first-order valence-electron chi connectivity index (χ1n) is 8.48. The fourth-order valence-electron chi connectivity index (χ4n) is 3.83. The Morgan fingerprint density at radius 3 is 3.04 bits per heavy atom. The summed E-state index contributed by atoms with van der Waals surface area (Å²) in [5.41, 5.74) is 2.48. The maximum Gasteiger partial charge on any atom is 0.220 e. The lowest BCUT2D eigenvalue weighted by Gasteiger charge is -2.32. The van der Waals surface area contributed by atoms with Crippen LogP contribution in [0.3, 0.4) is 0 Å². The van der Waals surface area contributed by atoms with Crippen molar-refractivity contribution in [2.75, 3.05) is 13.1 Å². The fraction of sp³-hybridized carbons (Fsp3) is 0.421. The number of carbonyl (C=O) groups is 1. The second-order valence-electron chi connectivity index (χ2n) is 6.70. The number of rotatable bonds is 4. The summed E-state index contributed by atoms with van der Waals surface area (Å²) in [7, 11) is 0. The summed E-state index contributed by atoms with van der Waals surface area (Å²) in [5, 5.41) is 7.96. The molecule has 2 aromatic rings. The monoisotopic (exact) mass is 323 g/mol. The van der Waals surface area contributed by atoms with Crippen molar-refractivity contribution in [1.29, 1.82) is 0 Å². The van der Waals surface area contributed by atoms with Crippen LogP contribution < -0.4 is 0 Å². The van der Waals surface area contributed by atoms with Gasteiger partial charge >= 0.3 is 0 Å². The molecule has 0 amide bonds.